The van der Waals surface area contributed by atoms with Crippen molar-refractivity contribution in [2.45, 2.75) is 4.90 Å². The molecule has 0 aromatic heterocycles. The molecule has 0 spiro atoms. The van der Waals surface area contributed by atoms with E-state index in [1.54, 1.807) is 0 Å². The zero-order valence-corrected chi connectivity index (χ0v) is 33.4. The summed E-state index contributed by atoms with van der Waals surface area (Å²) in [6, 6.07) is 89.5. The predicted octanol–water partition coefficient (Wildman–Crippen LogP) is 10.3. The third-order valence-corrected chi connectivity index (χ3v) is 21.9. The molecule has 0 heterocycles. The number of benzene rings is 8. The summed E-state index contributed by atoms with van der Waals surface area (Å²) in [5.41, 5.74) is 5.22. The Morgan fingerprint density at radius 3 is 0.852 bits per heavy atom. The van der Waals surface area contributed by atoms with Crippen LogP contribution < -0.4 is 31.8 Å². The van der Waals surface area contributed by atoms with E-state index in [1.165, 1.54) is 54.1 Å². The zero-order chi connectivity index (χ0) is 35.6. The molecule has 0 amide bonds. The van der Waals surface area contributed by atoms with Gasteiger partial charge in [0.1, 0.15) is 31.8 Å². The van der Waals surface area contributed by atoms with E-state index in [0.717, 1.165) is 0 Å². The first kappa shape index (κ1) is 36.0. The fourth-order valence-electron chi connectivity index (χ4n) is 9.02. The standard InChI is InChI=1S/C51H40P2.Ru/c1-8-24-41(25-9-1)49-40-51(50-39-23-22-38-48(49)50,52(42-26-10-2-11-27-42,43-28-12-3-13-29-43)44-30-14-4-15-31-44)53(45-32-16-5-17-33-45,46-34-18-6-19-35-46)47-36-20-7-21-37-47;/h1-40H;/q+2;. The molecule has 9 rings (SSSR count). The van der Waals surface area contributed by atoms with Crippen LogP contribution >= 0.6 is 14.5 Å². The molecule has 0 unspecified atom stereocenters. The van der Waals surface area contributed by atoms with Crippen molar-refractivity contribution in [3.8, 4) is 0 Å². The molecular formula is C51H40P2Ru+2. The Labute approximate surface area is 333 Å². The van der Waals surface area contributed by atoms with Gasteiger partial charge in [-0.05, 0) is 95.6 Å². The Bertz CT molecular complexity index is 2150. The van der Waals surface area contributed by atoms with E-state index in [-0.39, 0.29) is 19.5 Å². The Morgan fingerprint density at radius 1 is 0.278 bits per heavy atom. The van der Waals surface area contributed by atoms with Crippen LogP contribution in [0.3, 0.4) is 0 Å². The number of allylic oxidation sites excluding steroid dienone is 1. The minimum Gasteiger partial charge on any atom is -0.0622 e. The zero-order valence-electron chi connectivity index (χ0n) is 29.8. The van der Waals surface area contributed by atoms with Crippen LogP contribution in [0.2, 0.25) is 0 Å². The molecule has 3 heteroatoms. The summed E-state index contributed by atoms with van der Waals surface area (Å²) in [6.45, 7) is 0. The van der Waals surface area contributed by atoms with Crippen molar-refractivity contribution in [1.29, 1.82) is 0 Å². The maximum absolute atomic E-state index is 2.77. The minimum atomic E-state index is -2.77. The molecular weight excluding hydrogens is 776 g/mol. The Balaban J connectivity index is 0.00000413. The largest absolute Gasteiger partial charge is 0.249 e. The summed E-state index contributed by atoms with van der Waals surface area (Å²) in [6.07, 6.45) is 2.77. The van der Waals surface area contributed by atoms with Crippen LogP contribution in [0.15, 0.2) is 243 Å². The van der Waals surface area contributed by atoms with Crippen LogP contribution in [-0.4, -0.2) is 0 Å². The van der Waals surface area contributed by atoms with E-state index in [2.05, 4.69) is 243 Å². The van der Waals surface area contributed by atoms with Crippen molar-refractivity contribution >= 4 is 51.9 Å². The third-order valence-electron chi connectivity index (χ3n) is 10.9. The van der Waals surface area contributed by atoms with Crippen molar-refractivity contribution in [3.63, 3.8) is 0 Å². The molecule has 0 fully saturated rings. The molecule has 0 nitrogen and oxygen atoms in total. The van der Waals surface area contributed by atoms with Crippen molar-refractivity contribution in [3.05, 3.63) is 259 Å². The molecule has 54 heavy (non-hydrogen) atoms. The molecule has 0 atom stereocenters. The average molecular weight is 816 g/mol. The van der Waals surface area contributed by atoms with Crippen LogP contribution in [0, 0.1) is 0 Å². The predicted molar refractivity (Wildman–Crippen MR) is 232 cm³/mol. The molecule has 0 bridgehead atoms. The minimum absolute atomic E-state index is 0. The summed E-state index contributed by atoms with van der Waals surface area (Å²) >= 11 is 0. The smallest absolute Gasteiger partial charge is 0.0622 e. The fourth-order valence-corrected chi connectivity index (χ4v) is 22.5. The second-order valence-electron chi connectivity index (χ2n) is 13.6. The van der Waals surface area contributed by atoms with E-state index in [9.17, 15) is 0 Å². The number of rotatable bonds is 9. The van der Waals surface area contributed by atoms with E-state index in [0.29, 0.717) is 0 Å². The topological polar surface area (TPSA) is 0 Å². The summed E-state index contributed by atoms with van der Waals surface area (Å²) in [5, 5.41) is 8.19. The molecule has 8 aromatic carbocycles. The maximum atomic E-state index is 2.77. The van der Waals surface area contributed by atoms with Gasteiger partial charge >= 0.3 is 0 Å². The number of fused-ring (bicyclic) bond motifs is 1. The third kappa shape index (κ3) is 5.45. The van der Waals surface area contributed by atoms with Gasteiger partial charge in [0, 0.05) is 31.1 Å². The van der Waals surface area contributed by atoms with Gasteiger partial charge < -0.3 is 0 Å². The summed E-state index contributed by atoms with van der Waals surface area (Å²) < 4.78 is 0. The first-order valence-corrected chi connectivity index (χ1v) is 21.9. The van der Waals surface area contributed by atoms with Gasteiger partial charge in [0.15, 0.2) is 14.5 Å². The van der Waals surface area contributed by atoms with E-state index < -0.39 is 19.4 Å². The molecule has 0 saturated heterocycles. The van der Waals surface area contributed by atoms with Crippen molar-refractivity contribution < 1.29 is 19.5 Å². The van der Waals surface area contributed by atoms with Crippen LogP contribution in [-0.2, 0) is 24.4 Å². The normalized spacial score (nSPS) is 13.3. The SMILES string of the molecule is C1=C(c2ccccc2)c2ccccc2C1([P+](c1ccccc1)(c1ccccc1)c1ccccc1)[P+](c1ccccc1)(c1ccccc1)c1ccccc1.[Ru]. The van der Waals surface area contributed by atoms with Gasteiger partial charge in [-0.15, -0.1) is 0 Å². The van der Waals surface area contributed by atoms with Crippen LogP contribution in [0.5, 0.6) is 0 Å². The second kappa shape index (κ2) is 15.4. The van der Waals surface area contributed by atoms with Gasteiger partial charge in [-0.2, -0.15) is 0 Å². The van der Waals surface area contributed by atoms with E-state index in [1.807, 2.05) is 0 Å². The fraction of sp³-hybridized carbons (Fsp3) is 0.0196. The first-order chi connectivity index (χ1) is 26.3. The van der Waals surface area contributed by atoms with Crippen LogP contribution in [0.1, 0.15) is 16.7 Å². The Kier molecular flexibility index (Phi) is 10.2. The number of hydrogen-bond donors (Lipinski definition) is 0. The Morgan fingerprint density at radius 2 is 0.537 bits per heavy atom. The molecule has 1 aliphatic rings. The second-order valence-corrected chi connectivity index (χ2v) is 21.1. The quantitative estimate of drug-likeness (QED) is 0.101. The summed E-state index contributed by atoms with van der Waals surface area (Å²) in [4.78, 5) is -0.587. The van der Waals surface area contributed by atoms with Crippen LogP contribution in [0.25, 0.3) is 5.57 Å². The summed E-state index contributed by atoms with van der Waals surface area (Å²) in [7, 11) is -5.53. The van der Waals surface area contributed by atoms with Crippen molar-refractivity contribution in [2.24, 2.45) is 0 Å². The van der Waals surface area contributed by atoms with Crippen LogP contribution in [0.4, 0.5) is 0 Å². The van der Waals surface area contributed by atoms with E-state index in [4.69, 9.17) is 0 Å². The molecule has 260 valence electrons. The van der Waals surface area contributed by atoms with Gasteiger partial charge in [0.05, 0.1) is 0 Å². The van der Waals surface area contributed by atoms with E-state index >= 15 is 0 Å². The van der Waals surface area contributed by atoms with Gasteiger partial charge in [-0.1, -0.05) is 158 Å². The Hall–Kier alpha value is -5.02. The molecule has 0 N–H and O–H groups in total. The first-order valence-electron chi connectivity index (χ1n) is 18.3. The summed E-state index contributed by atoms with van der Waals surface area (Å²) in [5.74, 6) is 0. The van der Waals surface area contributed by atoms with Gasteiger partial charge in [-0.25, -0.2) is 0 Å². The van der Waals surface area contributed by atoms with Crippen molar-refractivity contribution in [2.75, 3.05) is 0 Å². The molecule has 0 aliphatic heterocycles. The maximum Gasteiger partial charge on any atom is 0.249 e. The average Bonchev–Trinajstić information content (AvgIpc) is 3.60. The monoisotopic (exact) mass is 816 g/mol. The molecule has 0 radical (unpaired) electrons. The number of hydrogen-bond acceptors (Lipinski definition) is 0. The molecule has 0 saturated carbocycles. The molecule has 1 aliphatic carbocycles. The van der Waals surface area contributed by atoms with Gasteiger partial charge in [0.2, 0.25) is 4.90 Å². The van der Waals surface area contributed by atoms with Crippen molar-refractivity contribution in [1.82, 2.24) is 0 Å². The van der Waals surface area contributed by atoms with Gasteiger partial charge in [0.25, 0.3) is 0 Å². The molecule has 8 aromatic rings. The van der Waals surface area contributed by atoms with Gasteiger partial charge in [-0.3, -0.25) is 0 Å².